The molecule has 0 bridgehead atoms. The highest BCUT2D eigenvalue weighted by molar-refractivity contribution is 5.85. The van der Waals surface area contributed by atoms with E-state index >= 15 is 0 Å². The lowest BCUT2D eigenvalue weighted by Crippen LogP contribution is -2.33. The van der Waals surface area contributed by atoms with E-state index in [4.69, 9.17) is 0 Å². The van der Waals surface area contributed by atoms with Crippen LogP contribution < -0.4 is 5.32 Å². The molecular weight excluding hydrogens is 198 g/mol. The quantitative estimate of drug-likeness (QED) is 0.777. The minimum absolute atomic E-state index is 0. The maximum Gasteiger partial charge on any atom is 0.223 e. The molecule has 1 atom stereocenters. The molecule has 1 aliphatic carbocycles. The molecule has 0 aromatic heterocycles. The van der Waals surface area contributed by atoms with Gasteiger partial charge in [0.15, 0.2) is 0 Å². The zero-order valence-corrected chi connectivity index (χ0v) is 10.0. The SMILES string of the molecule is CCC(C(=O)NC)C1CCCCC1.Cl. The molecule has 14 heavy (non-hydrogen) atoms. The molecule has 0 aliphatic heterocycles. The number of hydrogen-bond acceptors (Lipinski definition) is 1. The summed E-state index contributed by atoms with van der Waals surface area (Å²) in [6, 6.07) is 0. The van der Waals surface area contributed by atoms with Crippen LogP contribution in [0.5, 0.6) is 0 Å². The Labute approximate surface area is 93.2 Å². The molecule has 0 heterocycles. The van der Waals surface area contributed by atoms with Gasteiger partial charge >= 0.3 is 0 Å². The predicted molar refractivity (Wildman–Crippen MR) is 61.7 cm³/mol. The summed E-state index contributed by atoms with van der Waals surface area (Å²) in [7, 11) is 1.74. The maximum absolute atomic E-state index is 11.5. The Morgan fingerprint density at radius 1 is 1.36 bits per heavy atom. The van der Waals surface area contributed by atoms with E-state index in [1.807, 2.05) is 0 Å². The zero-order valence-electron chi connectivity index (χ0n) is 9.21. The monoisotopic (exact) mass is 219 g/mol. The molecule has 1 amide bonds. The van der Waals surface area contributed by atoms with E-state index in [1.54, 1.807) is 7.05 Å². The normalized spacial score (nSPS) is 19.6. The molecule has 1 saturated carbocycles. The summed E-state index contributed by atoms with van der Waals surface area (Å²) in [5.74, 6) is 1.17. The molecule has 84 valence electrons. The lowest BCUT2D eigenvalue weighted by atomic mass is 9.78. The van der Waals surface area contributed by atoms with Gasteiger partial charge in [0.1, 0.15) is 0 Å². The first kappa shape index (κ1) is 13.8. The van der Waals surface area contributed by atoms with Gasteiger partial charge in [-0.25, -0.2) is 0 Å². The van der Waals surface area contributed by atoms with Crippen molar-refractivity contribution in [3.63, 3.8) is 0 Å². The molecule has 0 aromatic carbocycles. The zero-order chi connectivity index (χ0) is 9.68. The van der Waals surface area contributed by atoms with Crippen molar-refractivity contribution < 1.29 is 4.79 Å². The fraction of sp³-hybridized carbons (Fsp3) is 0.909. The van der Waals surface area contributed by atoms with Crippen LogP contribution in [0, 0.1) is 11.8 Å². The number of nitrogens with one attached hydrogen (secondary N) is 1. The van der Waals surface area contributed by atoms with Crippen molar-refractivity contribution in [1.82, 2.24) is 5.32 Å². The Morgan fingerprint density at radius 2 is 1.93 bits per heavy atom. The topological polar surface area (TPSA) is 29.1 Å². The second-order valence-electron chi connectivity index (χ2n) is 4.03. The first-order valence-corrected chi connectivity index (χ1v) is 5.51. The van der Waals surface area contributed by atoms with Crippen molar-refractivity contribution in [3.8, 4) is 0 Å². The second kappa shape index (κ2) is 7.10. The van der Waals surface area contributed by atoms with E-state index in [0.29, 0.717) is 5.92 Å². The number of halogens is 1. The van der Waals surface area contributed by atoms with Gasteiger partial charge in [-0.1, -0.05) is 26.2 Å². The summed E-state index contributed by atoms with van der Waals surface area (Å²) in [5, 5.41) is 2.77. The van der Waals surface area contributed by atoms with E-state index in [-0.39, 0.29) is 24.2 Å². The molecule has 0 radical (unpaired) electrons. The molecule has 0 saturated heterocycles. The molecule has 0 aromatic rings. The average Bonchev–Trinajstić information content (AvgIpc) is 2.20. The number of hydrogen-bond donors (Lipinski definition) is 1. The molecule has 1 aliphatic rings. The maximum atomic E-state index is 11.5. The van der Waals surface area contributed by atoms with E-state index in [2.05, 4.69) is 12.2 Å². The van der Waals surface area contributed by atoms with Gasteiger partial charge in [0.05, 0.1) is 0 Å². The molecule has 1 N–H and O–H groups in total. The third-order valence-corrected chi connectivity index (χ3v) is 3.24. The van der Waals surface area contributed by atoms with Crippen molar-refractivity contribution in [2.45, 2.75) is 45.4 Å². The molecule has 2 nitrogen and oxygen atoms in total. The van der Waals surface area contributed by atoms with Crippen LogP contribution in [-0.4, -0.2) is 13.0 Å². The molecule has 3 heteroatoms. The number of amides is 1. The van der Waals surface area contributed by atoms with Crippen molar-refractivity contribution in [2.24, 2.45) is 11.8 Å². The van der Waals surface area contributed by atoms with Crippen LogP contribution >= 0.6 is 12.4 Å². The first-order valence-electron chi connectivity index (χ1n) is 5.51. The minimum atomic E-state index is 0. The Morgan fingerprint density at radius 3 is 2.36 bits per heavy atom. The highest BCUT2D eigenvalue weighted by Gasteiger charge is 2.26. The van der Waals surface area contributed by atoms with Gasteiger partial charge in [0.25, 0.3) is 0 Å². The van der Waals surface area contributed by atoms with Gasteiger partial charge in [-0.2, -0.15) is 0 Å². The summed E-state index contributed by atoms with van der Waals surface area (Å²) >= 11 is 0. The van der Waals surface area contributed by atoms with E-state index in [9.17, 15) is 4.79 Å². The van der Waals surface area contributed by atoms with Crippen LogP contribution in [0.1, 0.15) is 45.4 Å². The molecule has 1 unspecified atom stereocenters. The van der Waals surface area contributed by atoms with Crippen LogP contribution in [0.2, 0.25) is 0 Å². The van der Waals surface area contributed by atoms with Crippen molar-refractivity contribution in [3.05, 3.63) is 0 Å². The summed E-state index contributed by atoms with van der Waals surface area (Å²) in [4.78, 5) is 11.5. The smallest absolute Gasteiger partial charge is 0.223 e. The van der Waals surface area contributed by atoms with Gasteiger partial charge in [-0.15, -0.1) is 12.4 Å². The molecular formula is C11H22ClNO. The highest BCUT2D eigenvalue weighted by Crippen LogP contribution is 2.31. The second-order valence-corrected chi connectivity index (χ2v) is 4.03. The molecule has 0 spiro atoms. The molecule has 1 fully saturated rings. The van der Waals surface area contributed by atoms with Crippen molar-refractivity contribution >= 4 is 18.3 Å². The Balaban J connectivity index is 0.00000169. The average molecular weight is 220 g/mol. The standard InChI is InChI=1S/C11H21NO.ClH/c1-3-10(11(13)12-2)9-7-5-4-6-8-9;/h9-10H,3-8H2,1-2H3,(H,12,13);1H. The highest BCUT2D eigenvalue weighted by atomic mass is 35.5. The third-order valence-electron chi connectivity index (χ3n) is 3.24. The Hall–Kier alpha value is -0.240. The minimum Gasteiger partial charge on any atom is -0.359 e. The fourth-order valence-electron chi connectivity index (χ4n) is 2.45. The summed E-state index contributed by atoms with van der Waals surface area (Å²) in [6.07, 6.45) is 7.50. The lowest BCUT2D eigenvalue weighted by molar-refractivity contribution is -0.126. The van der Waals surface area contributed by atoms with E-state index < -0.39 is 0 Å². The van der Waals surface area contributed by atoms with Crippen LogP contribution in [0.3, 0.4) is 0 Å². The van der Waals surface area contributed by atoms with E-state index in [0.717, 1.165) is 6.42 Å². The first-order chi connectivity index (χ1) is 6.29. The van der Waals surface area contributed by atoms with Crippen LogP contribution in [0.15, 0.2) is 0 Å². The van der Waals surface area contributed by atoms with Gasteiger partial charge in [-0.05, 0) is 25.2 Å². The van der Waals surface area contributed by atoms with Gasteiger partial charge in [0.2, 0.25) is 5.91 Å². The van der Waals surface area contributed by atoms with Crippen LogP contribution in [-0.2, 0) is 4.79 Å². The third kappa shape index (κ3) is 3.49. The van der Waals surface area contributed by atoms with Gasteiger partial charge in [0, 0.05) is 13.0 Å². The van der Waals surface area contributed by atoms with Crippen molar-refractivity contribution in [1.29, 1.82) is 0 Å². The van der Waals surface area contributed by atoms with Gasteiger partial charge in [-0.3, -0.25) is 4.79 Å². The largest absolute Gasteiger partial charge is 0.359 e. The van der Waals surface area contributed by atoms with E-state index in [1.165, 1.54) is 32.1 Å². The lowest BCUT2D eigenvalue weighted by Gasteiger charge is -2.28. The molecule has 1 rings (SSSR count). The van der Waals surface area contributed by atoms with Crippen LogP contribution in [0.25, 0.3) is 0 Å². The predicted octanol–water partition coefficient (Wildman–Crippen LogP) is 2.76. The number of rotatable bonds is 3. The number of carbonyl (C=O) groups excluding carboxylic acids is 1. The fourth-order valence-corrected chi connectivity index (χ4v) is 2.45. The van der Waals surface area contributed by atoms with Gasteiger partial charge < -0.3 is 5.32 Å². The Kier molecular flexibility index (Phi) is 6.98. The van der Waals surface area contributed by atoms with Crippen LogP contribution in [0.4, 0.5) is 0 Å². The number of carbonyl (C=O) groups is 1. The summed E-state index contributed by atoms with van der Waals surface area (Å²) < 4.78 is 0. The Bertz CT molecular complexity index is 167. The summed E-state index contributed by atoms with van der Waals surface area (Å²) in [5.41, 5.74) is 0. The summed E-state index contributed by atoms with van der Waals surface area (Å²) in [6.45, 7) is 2.12. The van der Waals surface area contributed by atoms with Crippen molar-refractivity contribution in [2.75, 3.05) is 7.05 Å².